The summed E-state index contributed by atoms with van der Waals surface area (Å²) < 4.78 is 4.94. The van der Waals surface area contributed by atoms with E-state index in [9.17, 15) is 0 Å². The number of hydrazine groups is 1. The molecule has 0 aromatic carbocycles. The van der Waals surface area contributed by atoms with Crippen molar-refractivity contribution >= 4 is 6.21 Å². The summed E-state index contributed by atoms with van der Waals surface area (Å²) in [5.74, 6) is 5.56. The number of hydrogen-bond acceptors (Lipinski definition) is 4. The third-order valence-corrected chi connectivity index (χ3v) is 1.79. The van der Waals surface area contributed by atoms with Crippen molar-refractivity contribution in [1.29, 1.82) is 0 Å². The topological polar surface area (TPSA) is 54.8 Å². The fourth-order valence-corrected chi connectivity index (χ4v) is 1.18. The van der Waals surface area contributed by atoms with Gasteiger partial charge >= 0.3 is 0 Å². The van der Waals surface area contributed by atoms with E-state index in [4.69, 9.17) is 10.3 Å². The van der Waals surface area contributed by atoms with Gasteiger partial charge < -0.3 is 4.42 Å². The van der Waals surface area contributed by atoms with E-state index >= 15 is 0 Å². The van der Waals surface area contributed by atoms with E-state index in [-0.39, 0.29) is 6.04 Å². The van der Waals surface area contributed by atoms with Crippen molar-refractivity contribution < 1.29 is 4.42 Å². The van der Waals surface area contributed by atoms with Crippen LogP contribution in [0.5, 0.6) is 0 Å². The lowest BCUT2D eigenvalue weighted by Gasteiger charge is -2.15. The largest absolute Gasteiger partial charge is 0.472 e. The van der Waals surface area contributed by atoms with Gasteiger partial charge in [0.05, 0.1) is 18.6 Å². The van der Waals surface area contributed by atoms with Crippen LogP contribution in [-0.2, 0) is 0 Å². The van der Waals surface area contributed by atoms with Gasteiger partial charge in [-0.2, -0.15) is 5.10 Å². The van der Waals surface area contributed by atoms with Gasteiger partial charge in [0.1, 0.15) is 0 Å². The molecule has 0 aliphatic carbocycles. The maximum Gasteiger partial charge on any atom is 0.0970 e. The third-order valence-electron chi connectivity index (χ3n) is 1.79. The zero-order valence-corrected chi connectivity index (χ0v) is 5.97. The monoisotopic (exact) mass is 151 g/mol. The van der Waals surface area contributed by atoms with Crippen LogP contribution in [0.2, 0.25) is 0 Å². The molecule has 1 aromatic heterocycles. The molecule has 2 N–H and O–H groups in total. The molecule has 58 valence electrons. The number of nitrogens with zero attached hydrogens (tertiary/aromatic N) is 2. The summed E-state index contributed by atoms with van der Waals surface area (Å²) >= 11 is 0. The minimum absolute atomic E-state index is 0.161. The van der Waals surface area contributed by atoms with Crippen LogP contribution in [0.25, 0.3) is 0 Å². The van der Waals surface area contributed by atoms with Crippen LogP contribution in [0.15, 0.2) is 28.1 Å². The van der Waals surface area contributed by atoms with Crippen LogP contribution in [0.3, 0.4) is 0 Å². The fraction of sp³-hybridized carbons (Fsp3) is 0.286. The maximum absolute atomic E-state index is 5.56. The molecule has 4 heteroatoms. The first-order valence-corrected chi connectivity index (χ1v) is 3.46. The van der Waals surface area contributed by atoms with Crippen LogP contribution in [0.1, 0.15) is 18.0 Å². The first kappa shape index (κ1) is 6.42. The molecule has 1 aliphatic rings. The Hall–Kier alpha value is -1.29. The van der Waals surface area contributed by atoms with Crippen LogP contribution in [0.4, 0.5) is 0 Å². The Morgan fingerprint density at radius 3 is 3.18 bits per heavy atom. The van der Waals surface area contributed by atoms with Crippen molar-refractivity contribution in [2.75, 3.05) is 0 Å². The van der Waals surface area contributed by atoms with Gasteiger partial charge in [0.15, 0.2) is 0 Å². The van der Waals surface area contributed by atoms with E-state index in [0.717, 1.165) is 12.0 Å². The smallest absolute Gasteiger partial charge is 0.0970 e. The van der Waals surface area contributed by atoms with E-state index in [0.29, 0.717) is 0 Å². The average Bonchev–Trinajstić information content (AvgIpc) is 2.55. The lowest BCUT2D eigenvalue weighted by molar-refractivity contribution is 0.240. The second kappa shape index (κ2) is 2.39. The van der Waals surface area contributed by atoms with Gasteiger partial charge in [0, 0.05) is 18.2 Å². The van der Waals surface area contributed by atoms with Gasteiger partial charge in [0.25, 0.3) is 0 Å². The van der Waals surface area contributed by atoms with Crippen LogP contribution in [0, 0.1) is 0 Å². The molecule has 0 bridgehead atoms. The molecule has 1 aliphatic heterocycles. The van der Waals surface area contributed by atoms with E-state index in [1.807, 2.05) is 6.07 Å². The second-order valence-electron chi connectivity index (χ2n) is 2.49. The molecule has 0 amide bonds. The number of rotatable bonds is 1. The van der Waals surface area contributed by atoms with Crippen molar-refractivity contribution in [3.8, 4) is 0 Å². The summed E-state index contributed by atoms with van der Waals surface area (Å²) in [4.78, 5) is 0. The van der Waals surface area contributed by atoms with Crippen molar-refractivity contribution in [3.63, 3.8) is 0 Å². The van der Waals surface area contributed by atoms with Crippen molar-refractivity contribution in [3.05, 3.63) is 24.2 Å². The first-order chi connectivity index (χ1) is 5.38. The zero-order valence-electron chi connectivity index (χ0n) is 5.97. The minimum atomic E-state index is 0.161. The van der Waals surface area contributed by atoms with Crippen molar-refractivity contribution in [1.82, 2.24) is 5.12 Å². The predicted molar refractivity (Wildman–Crippen MR) is 40.6 cm³/mol. The van der Waals surface area contributed by atoms with Gasteiger partial charge in [-0.1, -0.05) is 0 Å². The molecule has 0 saturated heterocycles. The molecule has 0 radical (unpaired) electrons. The van der Waals surface area contributed by atoms with E-state index in [1.165, 1.54) is 5.12 Å². The Morgan fingerprint density at radius 2 is 2.64 bits per heavy atom. The van der Waals surface area contributed by atoms with Crippen molar-refractivity contribution in [2.24, 2.45) is 10.9 Å². The Balaban J connectivity index is 2.19. The highest BCUT2D eigenvalue weighted by Gasteiger charge is 2.20. The highest BCUT2D eigenvalue weighted by Crippen LogP contribution is 2.24. The molecular formula is C7H9N3O. The number of hydrazone groups is 1. The Kier molecular flexibility index (Phi) is 1.40. The summed E-state index contributed by atoms with van der Waals surface area (Å²) in [7, 11) is 0. The molecule has 0 fully saturated rings. The van der Waals surface area contributed by atoms with E-state index in [1.54, 1.807) is 18.7 Å². The van der Waals surface area contributed by atoms with E-state index < -0.39 is 0 Å². The third kappa shape index (κ3) is 1.01. The Morgan fingerprint density at radius 1 is 1.73 bits per heavy atom. The predicted octanol–water partition coefficient (Wildman–Crippen LogP) is 0.886. The number of furan rings is 1. The standard InChI is InChI=1S/C7H9N3O/c8-10-7(1-3-9-10)6-2-4-11-5-6/h2-5,7H,1,8H2. The van der Waals surface area contributed by atoms with Crippen LogP contribution >= 0.6 is 0 Å². The van der Waals surface area contributed by atoms with E-state index in [2.05, 4.69) is 5.10 Å². The molecule has 1 unspecified atom stereocenters. The molecule has 0 saturated carbocycles. The molecule has 1 atom stereocenters. The molecule has 2 heterocycles. The van der Waals surface area contributed by atoms with Gasteiger partial charge in [-0.3, -0.25) is 0 Å². The van der Waals surface area contributed by atoms with Gasteiger partial charge in [-0.25, -0.2) is 11.0 Å². The first-order valence-electron chi connectivity index (χ1n) is 3.46. The summed E-state index contributed by atoms with van der Waals surface area (Å²) in [6.45, 7) is 0. The Labute approximate surface area is 64.3 Å². The summed E-state index contributed by atoms with van der Waals surface area (Å²) in [5.41, 5.74) is 1.07. The average molecular weight is 151 g/mol. The molecule has 1 aromatic rings. The summed E-state index contributed by atoms with van der Waals surface area (Å²) in [5, 5.41) is 5.37. The maximum atomic E-state index is 5.56. The number of nitrogens with two attached hydrogens (primary N) is 1. The summed E-state index contributed by atoms with van der Waals surface area (Å²) in [6.07, 6.45) is 5.99. The van der Waals surface area contributed by atoms with Crippen molar-refractivity contribution in [2.45, 2.75) is 12.5 Å². The Bertz CT molecular complexity index is 255. The molecule has 4 nitrogen and oxygen atoms in total. The van der Waals surface area contributed by atoms with Crippen LogP contribution in [-0.4, -0.2) is 11.3 Å². The van der Waals surface area contributed by atoms with Crippen LogP contribution < -0.4 is 5.84 Å². The normalized spacial score (nSPS) is 23.0. The minimum Gasteiger partial charge on any atom is -0.472 e. The molecule has 11 heavy (non-hydrogen) atoms. The summed E-state index contributed by atoms with van der Waals surface area (Å²) in [6, 6.07) is 2.06. The number of hydrogen-bond donors (Lipinski definition) is 1. The van der Waals surface area contributed by atoms with Gasteiger partial charge in [-0.05, 0) is 6.07 Å². The molecule has 0 spiro atoms. The fourth-order valence-electron chi connectivity index (χ4n) is 1.18. The quantitative estimate of drug-likeness (QED) is 0.606. The zero-order chi connectivity index (χ0) is 7.68. The lowest BCUT2D eigenvalue weighted by atomic mass is 10.1. The molecule has 2 rings (SSSR count). The second-order valence-corrected chi connectivity index (χ2v) is 2.49. The highest BCUT2D eigenvalue weighted by atomic mass is 16.3. The van der Waals surface area contributed by atoms with Gasteiger partial charge in [-0.15, -0.1) is 0 Å². The molecular weight excluding hydrogens is 142 g/mol. The lowest BCUT2D eigenvalue weighted by Crippen LogP contribution is -2.25. The highest BCUT2D eigenvalue weighted by molar-refractivity contribution is 5.60. The SMILES string of the molecule is NN1N=CCC1c1ccoc1. The van der Waals surface area contributed by atoms with Gasteiger partial charge in [0.2, 0.25) is 0 Å².